The SMILES string of the molecule is O=c1c2c3c(sc2nc(SCCCOCC(F)(F)F)n1Cc1ccco1)CCCC3. The average Bonchev–Trinajstić information content (AvgIpc) is 3.33. The number of fused-ring (bicyclic) bond motifs is 3. The van der Waals surface area contributed by atoms with Crippen molar-refractivity contribution in [3.05, 3.63) is 45.0 Å². The van der Waals surface area contributed by atoms with Crippen molar-refractivity contribution in [2.24, 2.45) is 0 Å². The number of ether oxygens (including phenoxy) is 1. The number of furan rings is 1. The molecular weight excluding hydrogens is 437 g/mol. The van der Waals surface area contributed by atoms with Crippen LogP contribution in [0.15, 0.2) is 32.8 Å². The molecule has 1 aliphatic carbocycles. The minimum atomic E-state index is -4.32. The zero-order valence-corrected chi connectivity index (χ0v) is 17.8. The van der Waals surface area contributed by atoms with Crippen LogP contribution in [0.3, 0.4) is 0 Å². The van der Waals surface area contributed by atoms with Crippen LogP contribution in [0.1, 0.15) is 35.5 Å². The number of rotatable bonds is 8. The van der Waals surface area contributed by atoms with Crippen molar-refractivity contribution in [2.45, 2.75) is 50.0 Å². The largest absolute Gasteiger partial charge is 0.467 e. The summed E-state index contributed by atoms with van der Waals surface area (Å²) in [5, 5.41) is 1.26. The quantitative estimate of drug-likeness (QED) is 0.269. The Kier molecular flexibility index (Phi) is 6.54. The number of hydrogen-bond acceptors (Lipinski definition) is 6. The van der Waals surface area contributed by atoms with Crippen LogP contribution in [0.25, 0.3) is 10.2 Å². The molecule has 10 heteroatoms. The van der Waals surface area contributed by atoms with Gasteiger partial charge in [0.1, 0.15) is 17.2 Å². The maximum Gasteiger partial charge on any atom is 0.411 e. The summed E-state index contributed by atoms with van der Waals surface area (Å²) in [4.78, 5) is 20.1. The summed E-state index contributed by atoms with van der Waals surface area (Å²) in [6, 6.07) is 3.57. The topological polar surface area (TPSA) is 57.3 Å². The molecule has 0 fully saturated rings. The van der Waals surface area contributed by atoms with Gasteiger partial charge in [0.2, 0.25) is 0 Å². The first-order chi connectivity index (χ1) is 14.4. The lowest BCUT2D eigenvalue weighted by atomic mass is 9.97. The van der Waals surface area contributed by atoms with Crippen LogP contribution in [-0.2, 0) is 24.1 Å². The Hall–Kier alpha value is -1.78. The third-order valence-corrected chi connectivity index (χ3v) is 7.11. The first-order valence-corrected chi connectivity index (χ1v) is 11.6. The molecule has 0 N–H and O–H groups in total. The summed E-state index contributed by atoms with van der Waals surface area (Å²) < 4.78 is 48.2. The number of thiophene rings is 1. The summed E-state index contributed by atoms with van der Waals surface area (Å²) in [6.45, 7) is -0.970. The molecule has 3 aromatic heterocycles. The molecule has 3 heterocycles. The molecule has 0 atom stereocenters. The van der Waals surface area contributed by atoms with E-state index in [0.29, 0.717) is 28.5 Å². The average molecular weight is 459 g/mol. The van der Waals surface area contributed by atoms with E-state index in [1.165, 1.54) is 16.6 Å². The molecule has 0 amide bonds. The molecular formula is C20H21F3N2O3S2. The minimum Gasteiger partial charge on any atom is -0.467 e. The highest BCUT2D eigenvalue weighted by Gasteiger charge is 2.27. The predicted octanol–water partition coefficient (Wildman–Crippen LogP) is 5.04. The van der Waals surface area contributed by atoms with Gasteiger partial charge in [-0.1, -0.05) is 11.8 Å². The number of hydrogen-bond donors (Lipinski definition) is 0. The third kappa shape index (κ3) is 4.92. The number of thioether (sulfide) groups is 1. The van der Waals surface area contributed by atoms with Gasteiger partial charge in [-0.25, -0.2) is 4.98 Å². The van der Waals surface area contributed by atoms with Gasteiger partial charge in [0.15, 0.2) is 5.16 Å². The van der Waals surface area contributed by atoms with Crippen molar-refractivity contribution >= 4 is 33.3 Å². The molecule has 0 radical (unpaired) electrons. The molecule has 0 saturated carbocycles. The Morgan fingerprint density at radius 3 is 2.90 bits per heavy atom. The van der Waals surface area contributed by atoms with E-state index in [9.17, 15) is 18.0 Å². The van der Waals surface area contributed by atoms with Crippen molar-refractivity contribution in [3.63, 3.8) is 0 Å². The molecule has 0 aromatic carbocycles. The zero-order chi connectivity index (χ0) is 21.1. The molecule has 4 rings (SSSR count). The van der Waals surface area contributed by atoms with Crippen molar-refractivity contribution in [2.75, 3.05) is 19.0 Å². The van der Waals surface area contributed by atoms with Crippen LogP contribution in [0, 0.1) is 0 Å². The highest BCUT2D eigenvalue weighted by Crippen LogP contribution is 2.35. The summed E-state index contributed by atoms with van der Waals surface area (Å²) in [5.74, 6) is 1.15. The van der Waals surface area contributed by atoms with Gasteiger partial charge in [-0.3, -0.25) is 9.36 Å². The molecule has 0 spiro atoms. The molecule has 0 saturated heterocycles. The lowest BCUT2D eigenvalue weighted by Crippen LogP contribution is -2.24. The maximum atomic E-state index is 13.4. The van der Waals surface area contributed by atoms with Crippen molar-refractivity contribution in [1.82, 2.24) is 9.55 Å². The predicted molar refractivity (Wildman–Crippen MR) is 111 cm³/mol. The molecule has 3 aromatic rings. The summed E-state index contributed by atoms with van der Waals surface area (Å²) in [7, 11) is 0. The van der Waals surface area contributed by atoms with E-state index in [0.717, 1.165) is 36.1 Å². The monoisotopic (exact) mass is 458 g/mol. The fourth-order valence-electron chi connectivity index (χ4n) is 3.54. The van der Waals surface area contributed by atoms with Gasteiger partial charge < -0.3 is 9.15 Å². The molecule has 162 valence electrons. The number of aromatic nitrogens is 2. The Morgan fingerprint density at radius 2 is 2.13 bits per heavy atom. The fraction of sp³-hybridized carbons (Fsp3) is 0.500. The molecule has 0 bridgehead atoms. The summed E-state index contributed by atoms with van der Waals surface area (Å²) >= 11 is 2.94. The number of aryl methyl sites for hydroxylation is 2. The van der Waals surface area contributed by atoms with Gasteiger partial charge in [0.25, 0.3) is 5.56 Å². The summed E-state index contributed by atoms with van der Waals surface area (Å²) in [6.07, 6.45) is 1.75. The van der Waals surface area contributed by atoms with Crippen molar-refractivity contribution < 1.29 is 22.3 Å². The number of nitrogens with zero attached hydrogens (tertiary/aromatic N) is 2. The van der Waals surface area contributed by atoms with Crippen LogP contribution in [0.4, 0.5) is 13.2 Å². The second-order valence-electron chi connectivity index (χ2n) is 7.13. The Labute approximate surface area is 179 Å². The van der Waals surface area contributed by atoms with Gasteiger partial charge in [-0.2, -0.15) is 13.2 Å². The van der Waals surface area contributed by atoms with Gasteiger partial charge in [-0.05, 0) is 49.8 Å². The van der Waals surface area contributed by atoms with E-state index in [1.54, 1.807) is 34.3 Å². The summed E-state index contributed by atoms with van der Waals surface area (Å²) in [5.41, 5.74) is 1.05. The zero-order valence-electron chi connectivity index (χ0n) is 16.2. The molecule has 5 nitrogen and oxygen atoms in total. The molecule has 1 aliphatic rings. The van der Waals surface area contributed by atoms with Gasteiger partial charge >= 0.3 is 6.18 Å². The van der Waals surface area contributed by atoms with E-state index in [4.69, 9.17) is 9.40 Å². The van der Waals surface area contributed by atoms with Crippen LogP contribution in [-0.4, -0.2) is 34.7 Å². The molecule has 0 unspecified atom stereocenters. The van der Waals surface area contributed by atoms with Gasteiger partial charge in [-0.15, -0.1) is 11.3 Å². The molecule has 0 aliphatic heterocycles. The lowest BCUT2D eigenvalue weighted by Gasteiger charge is -2.13. The van der Waals surface area contributed by atoms with Crippen LogP contribution in [0.5, 0.6) is 0 Å². The maximum absolute atomic E-state index is 13.4. The number of halogens is 3. The number of alkyl halides is 3. The molecule has 30 heavy (non-hydrogen) atoms. The van der Waals surface area contributed by atoms with E-state index in [-0.39, 0.29) is 18.7 Å². The van der Waals surface area contributed by atoms with Crippen molar-refractivity contribution in [1.29, 1.82) is 0 Å². The smallest absolute Gasteiger partial charge is 0.411 e. The lowest BCUT2D eigenvalue weighted by molar-refractivity contribution is -0.173. The van der Waals surface area contributed by atoms with E-state index < -0.39 is 12.8 Å². The Morgan fingerprint density at radius 1 is 1.30 bits per heavy atom. The van der Waals surface area contributed by atoms with Crippen LogP contribution in [0.2, 0.25) is 0 Å². The van der Waals surface area contributed by atoms with E-state index in [2.05, 4.69) is 4.74 Å². The minimum absolute atomic E-state index is 0.00443. The van der Waals surface area contributed by atoms with E-state index >= 15 is 0 Å². The Bertz CT molecular complexity index is 1060. The Balaban J connectivity index is 1.56. The van der Waals surface area contributed by atoms with Crippen LogP contribution < -0.4 is 5.56 Å². The fourth-order valence-corrected chi connectivity index (χ4v) is 5.75. The second-order valence-corrected chi connectivity index (χ2v) is 9.27. The normalized spacial score (nSPS) is 14.4. The van der Waals surface area contributed by atoms with Gasteiger partial charge in [0, 0.05) is 17.2 Å². The standard InChI is InChI=1S/C20H21F3N2O3S2/c21-20(22,23)12-27-8-4-10-29-19-24-17-16(14-6-1-2-7-15(14)30-17)18(26)25(19)11-13-5-3-9-28-13/h3,5,9H,1-2,4,6-8,10-12H2. The highest BCUT2D eigenvalue weighted by atomic mass is 32.2. The van der Waals surface area contributed by atoms with Crippen molar-refractivity contribution in [3.8, 4) is 0 Å². The third-order valence-electron chi connectivity index (χ3n) is 4.86. The first kappa shape index (κ1) is 21.5. The highest BCUT2D eigenvalue weighted by molar-refractivity contribution is 7.99. The van der Waals surface area contributed by atoms with Crippen LogP contribution >= 0.6 is 23.1 Å². The first-order valence-electron chi connectivity index (χ1n) is 9.77. The van der Waals surface area contributed by atoms with Gasteiger partial charge in [0.05, 0.1) is 18.2 Å². The second kappa shape index (κ2) is 9.15. The van der Waals surface area contributed by atoms with E-state index in [1.807, 2.05) is 0 Å².